The number of hydroxylamine groups is 1. The van der Waals surface area contributed by atoms with Crippen LogP contribution in [0.4, 0.5) is 5.69 Å². The molecule has 0 spiro atoms. The number of benzene rings is 1. The molecule has 0 saturated heterocycles. The van der Waals surface area contributed by atoms with Crippen molar-refractivity contribution >= 4 is 22.3 Å². The Balaban J connectivity index is 1.59. The van der Waals surface area contributed by atoms with Crippen LogP contribution in [0, 0.1) is 5.41 Å². The van der Waals surface area contributed by atoms with Gasteiger partial charge in [-0.2, -0.15) is 5.10 Å². The van der Waals surface area contributed by atoms with Crippen LogP contribution in [0.2, 0.25) is 0 Å². The maximum Gasteiger partial charge on any atom is 0.110 e. The maximum absolute atomic E-state index is 5.24. The normalized spacial score (nSPS) is 21.7. The summed E-state index contributed by atoms with van der Waals surface area (Å²) in [6.07, 6.45) is 4.77. The molecule has 2 aliphatic rings. The van der Waals surface area contributed by atoms with E-state index < -0.39 is 0 Å². The number of allylic oxidation sites excluding steroid dienone is 1. The van der Waals surface area contributed by atoms with Crippen molar-refractivity contribution in [2.45, 2.75) is 39.5 Å². The monoisotopic (exact) mass is 395 g/mol. The molecule has 2 aromatic rings. The van der Waals surface area contributed by atoms with Crippen molar-refractivity contribution < 1.29 is 4.84 Å². The summed E-state index contributed by atoms with van der Waals surface area (Å²) in [5.74, 6) is 0. The number of fused-ring (bicyclic) bond motifs is 1. The quantitative estimate of drug-likeness (QED) is 0.490. The van der Waals surface area contributed by atoms with Gasteiger partial charge in [0.15, 0.2) is 0 Å². The largest absolute Gasteiger partial charge is 0.372 e. The highest BCUT2D eigenvalue weighted by molar-refractivity contribution is 6.14. The lowest BCUT2D eigenvalue weighted by atomic mass is 9.70. The van der Waals surface area contributed by atoms with Gasteiger partial charge >= 0.3 is 0 Å². The zero-order chi connectivity index (χ0) is 20.4. The molecule has 156 valence electrons. The Labute approximate surface area is 173 Å². The number of aromatic amines is 1. The molecule has 0 radical (unpaired) electrons. The molecule has 1 aliphatic heterocycles. The van der Waals surface area contributed by atoms with Crippen molar-refractivity contribution in [3.63, 3.8) is 0 Å². The first-order valence-corrected chi connectivity index (χ1v) is 10.7. The predicted octanol–water partition coefficient (Wildman–Crippen LogP) is 3.96. The van der Waals surface area contributed by atoms with E-state index in [1.165, 1.54) is 41.5 Å². The summed E-state index contributed by atoms with van der Waals surface area (Å²) < 4.78 is 0. The second-order valence-corrected chi connectivity index (χ2v) is 8.65. The number of hydrazone groups is 1. The molecule has 1 unspecified atom stereocenters. The SMILES string of the molecule is CCC1(C)CCC2=C(CNN=C2c2cc3ccc(N(C)CCONC)cc3[nH]2)C1. The Hall–Kier alpha value is -2.31. The molecular weight excluding hydrogens is 362 g/mol. The molecule has 1 aromatic carbocycles. The van der Waals surface area contributed by atoms with Gasteiger partial charge in [-0.25, -0.2) is 5.48 Å². The Morgan fingerprint density at radius 3 is 2.97 bits per heavy atom. The number of H-pyrrole nitrogens is 1. The minimum atomic E-state index is 0.430. The smallest absolute Gasteiger partial charge is 0.110 e. The Morgan fingerprint density at radius 2 is 2.17 bits per heavy atom. The highest BCUT2D eigenvalue weighted by Gasteiger charge is 2.33. The second kappa shape index (κ2) is 8.20. The van der Waals surface area contributed by atoms with E-state index in [-0.39, 0.29) is 0 Å². The molecule has 0 amide bonds. The molecular formula is C23H33N5O. The van der Waals surface area contributed by atoms with Gasteiger partial charge in [0.05, 0.1) is 18.8 Å². The average Bonchev–Trinajstić information content (AvgIpc) is 3.16. The van der Waals surface area contributed by atoms with Crippen LogP contribution in [0.15, 0.2) is 40.5 Å². The van der Waals surface area contributed by atoms with E-state index in [9.17, 15) is 0 Å². The van der Waals surface area contributed by atoms with Crippen molar-refractivity contribution in [1.29, 1.82) is 0 Å². The Kier molecular flexibility index (Phi) is 5.65. The van der Waals surface area contributed by atoms with Gasteiger partial charge in [-0.05, 0) is 54.0 Å². The summed E-state index contributed by atoms with van der Waals surface area (Å²) in [4.78, 5) is 11.1. The number of hydrogen-bond acceptors (Lipinski definition) is 5. The lowest BCUT2D eigenvalue weighted by Crippen LogP contribution is -2.32. The first-order valence-electron chi connectivity index (χ1n) is 10.7. The van der Waals surface area contributed by atoms with Crippen molar-refractivity contribution in [2.75, 3.05) is 38.7 Å². The topological polar surface area (TPSA) is 64.7 Å². The third-order valence-electron chi connectivity index (χ3n) is 6.64. The van der Waals surface area contributed by atoms with Crippen LogP contribution in [0.25, 0.3) is 10.9 Å². The lowest BCUT2D eigenvalue weighted by Gasteiger charge is -2.37. The molecule has 6 nitrogen and oxygen atoms in total. The predicted molar refractivity (Wildman–Crippen MR) is 120 cm³/mol. The van der Waals surface area contributed by atoms with Gasteiger partial charge in [-0.3, -0.25) is 0 Å². The van der Waals surface area contributed by atoms with Gasteiger partial charge in [0.1, 0.15) is 5.71 Å². The Bertz CT molecular complexity index is 944. The van der Waals surface area contributed by atoms with E-state index in [1.807, 2.05) is 0 Å². The number of nitrogens with one attached hydrogen (secondary N) is 3. The van der Waals surface area contributed by atoms with Crippen LogP contribution in [-0.2, 0) is 4.84 Å². The second-order valence-electron chi connectivity index (χ2n) is 8.65. The van der Waals surface area contributed by atoms with Crippen LogP contribution in [0.1, 0.15) is 45.2 Å². The van der Waals surface area contributed by atoms with E-state index in [1.54, 1.807) is 7.05 Å². The highest BCUT2D eigenvalue weighted by Crippen LogP contribution is 2.43. The van der Waals surface area contributed by atoms with Crippen molar-refractivity contribution in [3.8, 4) is 0 Å². The van der Waals surface area contributed by atoms with Gasteiger partial charge in [-0.15, -0.1) is 0 Å². The average molecular weight is 396 g/mol. The summed E-state index contributed by atoms with van der Waals surface area (Å²) in [6.45, 7) is 7.08. The molecule has 1 aliphatic carbocycles. The molecule has 0 bridgehead atoms. The first kappa shape index (κ1) is 20.0. The number of aromatic nitrogens is 1. The maximum atomic E-state index is 5.24. The summed E-state index contributed by atoms with van der Waals surface area (Å²) in [5, 5.41) is 5.92. The summed E-state index contributed by atoms with van der Waals surface area (Å²) >= 11 is 0. The zero-order valence-corrected chi connectivity index (χ0v) is 18.1. The van der Waals surface area contributed by atoms with Gasteiger partial charge in [0.25, 0.3) is 0 Å². The van der Waals surface area contributed by atoms with Crippen molar-refractivity contribution in [1.82, 2.24) is 15.9 Å². The molecule has 1 aromatic heterocycles. The molecule has 29 heavy (non-hydrogen) atoms. The fourth-order valence-electron chi connectivity index (χ4n) is 4.47. The van der Waals surface area contributed by atoms with Gasteiger partial charge in [0.2, 0.25) is 0 Å². The molecule has 6 heteroatoms. The highest BCUT2D eigenvalue weighted by atomic mass is 16.6. The third-order valence-corrected chi connectivity index (χ3v) is 6.64. The fraction of sp³-hybridized carbons (Fsp3) is 0.522. The number of nitrogens with zero attached hydrogens (tertiary/aromatic N) is 2. The van der Waals surface area contributed by atoms with Crippen LogP contribution >= 0.6 is 0 Å². The number of rotatable bonds is 7. The van der Waals surface area contributed by atoms with Crippen LogP contribution < -0.4 is 15.8 Å². The first-order chi connectivity index (χ1) is 14.0. The third kappa shape index (κ3) is 4.05. The van der Waals surface area contributed by atoms with E-state index in [0.717, 1.165) is 36.4 Å². The minimum absolute atomic E-state index is 0.430. The van der Waals surface area contributed by atoms with Crippen LogP contribution in [-0.4, -0.2) is 44.5 Å². The minimum Gasteiger partial charge on any atom is -0.372 e. The molecule has 0 fully saturated rings. The van der Waals surface area contributed by atoms with E-state index in [4.69, 9.17) is 9.94 Å². The van der Waals surface area contributed by atoms with Gasteiger partial charge < -0.3 is 20.1 Å². The zero-order valence-electron chi connectivity index (χ0n) is 18.1. The molecule has 0 saturated carbocycles. The van der Waals surface area contributed by atoms with Crippen molar-refractivity contribution in [3.05, 3.63) is 41.1 Å². The van der Waals surface area contributed by atoms with Crippen LogP contribution in [0.5, 0.6) is 0 Å². The van der Waals surface area contributed by atoms with E-state index in [0.29, 0.717) is 12.0 Å². The van der Waals surface area contributed by atoms with Gasteiger partial charge in [-0.1, -0.05) is 26.3 Å². The molecule has 3 N–H and O–H groups in total. The van der Waals surface area contributed by atoms with Crippen molar-refractivity contribution in [2.24, 2.45) is 10.5 Å². The number of anilines is 1. The number of likely N-dealkylation sites (N-methyl/N-ethyl adjacent to an activating group) is 1. The van der Waals surface area contributed by atoms with Gasteiger partial charge in [0, 0.05) is 37.2 Å². The fourth-order valence-corrected chi connectivity index (χ4v) is 4.47. The molecule has 1 atom stereocenters. The van der Waals surface area contributed by atoms with Crippen LogP contribution in [0.3, 0.4) is 0 Å². The lowest BCUT2D eigenvalue weighted by molar-refractivity contribution is 0.0636. The molecule has 4 rings (SSSR count). The Morgan fingerprint density at radius 1 is 1.31 bits per heavy atom. The molecule has 2 heterocycles. The number of hydrogen-bond donors (Lipinski definition) is 3. The summed E-state index contributed by atoms with van der Waals surface area (Å²) in [5.41, 5.74) is 13.9. The van der Waals surface area contributed by atoms with E-state index >= 15 is 0 Å². The summed E-state index contributed by atoms with van der Waals surface area (Å²) in [6, 6.07) is 8.78. The standard InChI is InChI=1S/C23H33N5O/c1-5-23(2)9-8-19-17(14-23)15-25-27-22(19)21-12-16-6-7-18(13-20(16)26-21)28(4)10-11-29-24-3/h6-7,12-13,24-26H,5,8-11,14-15H2,1-4H3. The van der Waals surface area contributed by atoms with E-state index in [2.05, 4.69) is 66.0 Å². The summed E-state index contributed by atoms with van der Waals surface area (Å²) in [7, 11) is 3.87.